The molecular weight excluding hydrogens is 544 g/mol. The number of rotatable bonds is 10. The molecule has 0 spiro atoms. The Morgan fingerprint density at radius 1 is 1.15 bits per heavy atom. The first-order chi connectivity index (χ1) is 18.7. The van der Waals surface area contributed by atoms with Crippen molar-refractivity contribution in [1.82, 2.24) is 9.80 Å². The number of imide groups is 1. The molecule has 2 aliphatic heterocycles. The van der Waals surface area contributed by atoms with Crippen molar-refractivity contribution in [3.8, 4) is 0 Å². The summed E-state index contributed by atoms with van der Waals surface area (Å²) in [6.07, 6.45) is -0.145. The van der Waals surface area contributed by atoms with E-state index in [1.165, 1.54) is 17.0 Å². The van der Waals surface area contributed by atoms with E-state index in [1.54, 1.807) is 32.0 Å². The minimum Gasteiger partial charge on any atom is -0.476 e. The van der Waals surface area contributed by atoms with Crippen molar-refractivity contribution < 1.29 is 32.7 Å². The minimum atomic E-state index is -3.66. The lowest BCUT2D eigenvalue weighted by Crippen LogP contribution is -2.55. The van der Waals surface area contributed by atoms with Crippen molar-refractivity contribution in [2.75, 3.05) is 6.73 Å². The van der Waals surface area contributed by atoms with E-state index in [-0.39, 0.29) is 49.2 Å². The number of amides is 3. The van der Waals surface area contributed by atoms with Gasteiger partial charge in [-0.05, 0) is 56.0 Å². The number of halogens is 3. The fourth-order valence-corrected chi connectivity index (χ4v) is 4.74. The minimum absolute atomic E-state index is 0.0485. The standard InChI is InChI=1S/C29H30ClF2N3O5/c1-17(28(2,3)33)40-16-35-25(37)13-11-23(27(35)39)34-15-19-14-18(4-10-22(19)26(34)38)5-12-24(36)29(31,32)20-6-8-21(30)9-7-20/h4,6-10,14,23H,1,5,11-13,15-16,33H2,2-3H3. The number of Topliss-reactive ketones (excluding diaryl/α,β-unsaturated/α-hetero) is 1. The molecule has 4 rings (SSSR count). The number of likely N-dealkylation sites (tertiary alicyclic amines) is 1. The fourth-order valence-electron chi connectivity index (χ4n) is 4.61. The first-order valence-corrected chi connectivity index (χ1v) is 13.1. The van der Waals surface area contributed by atoms with Gasteiger partial charge in [0.05, 0.1) is 5.54 Å². The second-order valence-corrected chi connectivity index (χ2v) is 11.0. The molecule has 2 N–H and O–H groups in total. The van der Waals surface area contributed by atoms with E-state index in [0.717, 1.165) is 17.0 Å². The van der Waals surface area contributed by atoms with Crippen molar-refractivity contribution in [2.24, 2.45) is 5.73 Å². The van der Waals surface area contributed by atoms with Crippen molar-refractivity contribution in [3.05, 3.63) is 82.1 Å². The maximum atomic E-state index is 14.6. The van der Waals surface area contributed by atoms with Crippen molar-refractivity contribution in [3.63, 3.8) is 0 Å². The number of carbonyl (C=O) groups is 4. The van der Waals surface area contributed by atoms with Crippen LogP contribution in [0.15, 0.2) is 54.8 Å². The quantitative estimate of drug-likeness (QED) is 0.335. The summed E-state index contributed by atoms with van der Waals surface area (Å²) in [5.74, 6) is -6.03. The summed E-state index contributed by atoms with van der Waals surface area (Å²) >= 11 is 5.75. The lowest BCUT2D eigenvalue weighted by Gasteiger charge is -2.35. The number of nitrogens with two attached hydrogens (primary N) is 1. The van der Waals surface area contributed by atoms with Gasteiger partial charge in [0.25, 0.3) is 11.8 Å². The molecule has 11 heteroatoms. The number of fused-ring (bicyclic) bond motifs is 1. The third-order valence-corrected chi connectivity index (χ3v) is 7.40. The first-order valence-electron chi connectivity index (χ1n) is 12.8. The average molecular weight is 574 g/mol. The molecule has 0 saturated carbocycles. The molecule has 3 amide bonds. The fraction of sp³-hybridized carbons (Fsp3) is 0.379. The van der Waals surface area contributed by atoms with E-state index < -0.39 is 47.1 Å². The lowest BCUT2D eigenvalue weighted by molar-refractivity contribution is -0.157. The zero-order valence-electron chi connectivity index (χ0n) is 22.2. The summed E-state index contributed by atoms with van der Waals surface area (Å²) in [5.41, 5.74) is 6.24. The van der Waals surface area contributed by atoms with Gasteiger partial charge in [-0.2, -0.15) is 8.78 Å². The predicted molar refractivity (Wildman–Crippen MR) is 143 cm³/mol. The molecule has 2 aromatic carbocycles. The number of alkyl halides is 2. The van der Waals surface area contributed by atoms with Gasteiger partial charge in [-0.25, -0.2) is 4.90 Å². The van der Waals surface area contributed by atoms with Crippen LogP contribution < -0.4 is 5.73 Å². The summed E-state index contributed by atoms with van der Waals surface area (Å²) < 4.78 is 34.8. The van der Waals surface area contributed by atoms with Gasteiger partial charge in [-0.15, -0.1) is 0 Å². The third-order valence-electron chi connectivity index (χ3n) is 7.15. The molecule has 1 unspecified atom stereocenters. The molecule has 8 nitrogen and oxygen atoms in total. The van der Waals surface area contributed by atoms with Gasteiger partial charge >= 0.3 is 5.92 Å². The molecule has 0 aliphatic carbocycles. The summed E-state index contributed by atoms with van der Waals surface area (Å²) in [6.45, 7) is 6.83. The summed E-state index contributed by atoms with van der Waals surface area (Å²) in [4.78, 5) is 53.6. The highest BCUT2D eigenvalue weighted by Crippen LogP contribution is 2.33. The van der Waals surface area contributed by atoms with Crippen LogP contribution in [0, 0.1) is 0 Å². The SMILES string of the molecule is C=C(OCN1C(=O)CCC(N2Cc3cc(CCC(=O)C(F)(F)c4ccc(Cl)cc4)ccc3C2=O)C1=O)C(C)(C)N. The molecule has 2 aliphatic rings. The molecule has 0 bridgehead atoms. The molecule has 40 heavy (non-hydrogen) atoms. The highest BCUT2D eigenvalue weighted by molar-refractivity contribution is 6.30. The second kappa shape index (κ2) is 11.1. The van der Waals surface area contributed by atoms with Crippen LogP contribution in [0.4, 0.5) is 8.78 Å². The zero-order valence-corrected chi connectivity index (χ0v) is 23.0. The van der Waals surface area contributed by atoms with E-state index in [1.807, 2.05) is 0 Å². The maximum Gasteiger partial charge on any atom is 0.330 e. The maximum absolute atomic E-state index is 14.6. The predicted octanol–water partition coefficient (Wildman–Crippen LogP) is 4.33. The Morgan fingerprint density at radius 2 is 1.82 bits per heavy atom. The lowest BCUT2D eigenvalue weighted by atomic mass is 9.97. The molecule has 1 saturated heterocycles. The molecule has 0 aromatic heterocycles. The Kier molecular flexibility index (Phi) is 8.14. The molecular formula is C29H30ClF2N3O5. The number of benzene rings is 2. The Morgan fingerprint density at radius 3 is 2.48 bits per heavy atom. The van der Waals surface area contributed by atoms with Crippen LogP contribution in [0.2, 0.25) is 5.02 Å². The van der Waals surface area contributed by atoms with Gasteiger partial charge in [0, 0.05) is 35.5 Å². The number of aryl methyl sites for hydroxylation is 1. The van der Waals surface area contributed by atoms with E-state index >= 15 is 0 Å². The van der Waals surface area contributed by atoms with E-state index in [9.17, 15) is 28.0 Å². The molecule has 212 valence electrons. The Hall–Kier alpha value is -3.63. The van der Waals surface area contributed by atoms with Crippen molar-refractivity contribution in [2.45, 2.75) is 63.6 Å². The Labute approximate surface area is 235 Å². The number of hydrogen-bond donors (Lipinski definition) is 1. The summed E-state index contributed by atoms with van der Waals surface area (Å²) in [6, 6.07) is 8.85. The molecule has 1 fully saturated rings. The van der Waals surface area contributed by atoms with Gasteiger partial charge in [-0.1, -0.05) is 42.4 Å². The number of carbonyl (C=O) groups excluding carboxylic acids is 4. The molecule has 0 radical (unpaired) electrons. The van der Waals surface area contributed by atoms with Crippen LogP contribution in [0.1, 0.15) is 60.2 Å². The van der Waals surface area contributed by atoms with Crippen LogP contribution in [0.5, 0.6) is 0 Å². The van der Waals surface area contributed by atoms with Gasteiger partial charge < -0.3 is 15.4 Å². The van der Waals surface area contributed by atoms with Crippen molar-refractivity contribution >= 4 is 35.1 Å². The van der Waals surface area contributed by atoms with Crippen LogP contribution in [0.3, 0.4) is 0 Å². The van der Waals surface area contributed by atoms with Gasteiger partial charge in [0.15, 0.2) is 6.73 Å². The van der Waals surface area contributed by atoms with Crippen LogP contribution >= 0.6 is 11.6 Å². The Balaban J connectivity index is 1.41. The summed E-state index contributed by atoms with van der Waals surface area (Å²) in [5, 5.41) is 0.290. The highest BCUT2D eigenvalue weighted by Gasteiger charge is 2.43. The number of piperidine rings is 1. The van der Waals surface area contributed by atoms with E-state index in [2.05, 4.69) is 6.58 Å². The van der Waals surface area contributed by atoms with Gasteiger partial charge in [0.2, 0.25) is 11.7 Å². The van der Waals surface area contributed by atoms with Crippen LogP contribution in [-0.2, 0) is 38.0 Å². The first kappa shape index (κ1) is 29.4. The van der Waals surface area contributed by atoms with Gasteiger partial charge in [-0.3, -0.25) is 19.2 Å². The normalized spacial score (nSPS) is 17.8. The highest BCUT2D eigenvalue weighted by atomic mass is 35.5. The van der Waals surface area contributed by atoms with Crippen LogP contribution in [-0.4, -0.2) is 51.6 Å². The summed E-state index contributed by atoms with van der Waals surface area (Å²) in [7, 11) is 0. The number of ketones is 1. The molecule has 2 aromatic rings. The molecule has 2 heterocycles. The number of ether oxygens (including phenoxy) is 1. The van der Waals surface area contributed by atoms with E-state index in [0.29, 0.717) is 16.7 Å². The number of hydrogen-bond acceptors (Lipinski definition) is 6. The zero-order chi connectivity index (χ0) is 29.4. The molecule has 1 atom stereocenters. The van der Waals surface area contributed by atoms with Crippen LogP contribution in [0.25, 0.3) is 0 Å². The second-order valence-electron chi connectivity index (χ2n) is 10.6. The smallest absolute Gasteiger partial charge is 0.330 e. The Bertz CT molecular complexity index is 1370. The van der Waals surface area contributed by atoms with E-state index in [4.69, 9.17) is 22.1 Å². The third kappa shape index (κ3) is 5.93. The van der Waals surface area contributed by atoms with Crippen molar-refractivity contribution in [1.29, 1.82) is 0 Å². The largest absolute Gasteiger partial charge is 0.476 e. The van der Waals surface area contributed by atoms with Gasteiger partial charge in [0.1, 0.15) is 11.8 Å². The topological polar surface area (TPSA) is 110 Å². The monoisotopic (exact) mass is 573 g/mol. The number of nitrogens with zero attached hydrogens (tertiary/aromatic N) is 2. The average Bonchev–Trinajstić information content (AvgIpc) is 3.21.